The summed E-state index contributed by atoms with van der Waals surface area (Å²) in [6, 6.07) is 4.36. The minimum Gasteiger partial charge on any atom is -0.507 e. The van der Waals surface area contributed by atoms with Crippen LogP contribution < -0.4 is 0 Å². The number of aryl methyl sites for hydroxylation is 1. The summed E-state index contributed by atoms with van der Waals surface area (Å²) >= 11 is 0. The summed E-state index contributed by atoms with van der Waals surface area (Å²) in [6.45, 7) is 10.8. The number of phenols is 1. The second-order valence-corrected chi connectivity index (χ2v) is 5.54. The van der Waals surface area contributed by atoms with Crippen molar-refractivity contribution in [2.24, 2.45) is 0 Å². The molecule has 1 nitrogen and oxygen atoms in total. The van der Waals surface area contributed by atoms with E-state index in [1.807, 2.05) is 0 Å². The van der Waals surface area contributed by atoms with Crippen LogP contribution >= 0.6 is 0 Å². The first-order valence-electron chi connectivity index (χ1n) is 6.83. The van der Waals surface area contributed by atoms with Crippen molar-refractivity contribution < 1.29 is 5.11 Å². The largest absolute Gasteiger partial charge is 0.507 e. The molecule has 1 aromatic carbocycles. The first-order chi connectivity index (χ1) is 7.97. The van der Waals surface area contributed by atoms with Crippen molar-refractivity contribution in [1.82, 2.24) is 0 Å². The van der Waals surface area contributed by atoms with E-state index < -0.39 is 0 Å². The zero-order valence-electron chi connectivity index (χ0n) is 11.9. The molecule has 0 fully saturated rings. The second kappa shape index (κ2) is 6.09. The molecule has 17 heavy (non-hydrogen) atoms. The maximum absolute atomic E-state index is 10.3. The Morgan fingerprint density at radius 1 is 1.00 bits per heavy atom. The molecule has 0 aromatic heterocycles. The van der Waals surface area contributed by atoms with Crippen LogP contribution in [0.15, 0.2) is 12.1 Å². The third kappa shape index (κ3) is 3.49. The molecule has 0 atom stereocenters. The molecule has 0 radical (unpaired) electrons. The van der Waals surface area contributed by atoms with E-state index in [2.05, 4.69) is 46.8 Å². The molecule has 0 bridgehead atoms. The number of unbranched alkanes of at least 4 members (excludes halogenated alkanes) is 1. The molecule has 96 valence electrons. The number of benzene rings is 1. The fraction of sp³-hybridized carbons (Fsp3) is 0.625. The molecule has 0 aliphatic heterocycles. The third-order valence-electron chi connectivity index (χ3n) is 3.29. The highest BCUT2D eigenvalue weighted by molar-refractivity contribution is 5.46. The van der Waals surface area contributed by atoms with E-state index in [1.54, 1.807) is 0 Å². The van der Waals surface area contributed by atoms with Gasteiger partial charge in [-0.3, -0.25) is 0 Å². The van der Waals surface area contributed by atoms with E-state index in [9.17, 15) is 5.11 Å². The fourth-order valence-corrected chi connectivity index (χ4v) is 2.15. The molecule has 0 heterocycles. The van der Waals surface area contributed by atoms with Crippen LogP contribution in [-0.4, -0.2) is 5.11 Å². The van der Waals surface area contributed by atoms with Gasteiger partial charge in [-0.25, -0.2) is 0 Å². The van der Waals surface area contributed by atoms with Crippen molar-refractivity contribution in [3.05, 3.63) is 28.8 Å². The van der Waals surface area contributed by atoms with Gasteiger partial charge >= 0.3 is 0 Å². The number of aromatic hydroxyl groups is 1. The van der Waals surface area contributed by atoms with Gasteiger partial charge in [0.1, 0.15) is 5.75 Å². The lowest BCUT2D eigenvalue weighted by Crippen LogP contribution is -1.99. The van der Waals surface area contributed by atoms with Crippen molar-refractivity contribution >= 4 is 0 Å². The molecule has 0 aliphatic carbocycles. The predicted octanol–water partition coefficient (Wildman–Crippen LogP) is 4.98. The molecule has 1 rings (SSSR count). The van der Waals surface area contributed by atoms with E-state index >= 15 is 0 Å². The third-order valence-corrected chi connectivity index (χ3v) is 3.29. The Bertz CT molecular complexity index is 335. The minimum atomic E-state index is 0.383. The van der Waals surface area contributed by atoms with E-state index in [-0.39, 0.29) is 0 Å². The SMILES string of the molecule is CCCCc1cc(C(C)C)c(O)c(C(C)C)c1. The molecular formula is C16H26O. The lowest BCUT2D eigenvalue weighted by Gasteiger charge is -2.17. The van der Waals surface area contributed by atoms with Crippen molar-refractivity contribution in [1.29, 1.82) is 0 Å². The van der Waals surface area contributed by atoms with Crippen LogP contribution in [0.5, 0.6) is 5.75 Å². The summed E-state index contributed by atoms with van der Waals surface area (Å²) in [5, 5.41) is 10.3. The molecule has 1 heteroatoms. The Labute approximate surface area is 106 Å². The molecule has 0 spiro atoms. The van der Waals surface area contributed by atoms with E-state index in [4.69, 9.17) is 0 Å². The van der Waals surface area contributed by atoms with Gasteiger partial charge in [-0.15, -0.1) is 0 Å². The maximum atomic E-state index is 10.3. The van der Waals surface area contributed by atoms with Crippen LogP contribution in [0.3, 0.4) is 0 Å². The van der Waals surface area contributed by atoms with Crippen LogP contribution in [0.4, 0.5) is 0 Å². The van der Waals surface area contributed by atoms with Gasteiger partial charge in [-0.05, 0) is 41.4 Å². The quantitative estimate of drug-likeness (QED) is 0.761. The van der Waals surface area contributed by atoms with E-state index in [0.29, 0.717) is 17.6 Å². The highest BCUT2D eigenvalue weighted by atomic mass is 16.3. The van der Waals surface area contributed by atoms with Crippen LogP contribution in [0, 0.1) is 0 Å². The van der Waals surface area contributed by atoms with Crippen molar-refractivity contribution in [2.45, 2.75) is 65.7 Å². The molecular weight excluding hydrogens is 208 g/mol. The monoisotopic (exact) mass is 234 g/mol. The lowest BCUT2D eigenvalue weighted by atomic mass is 9.90. The highest BCUT2D eigenvalue weighted by Crippen LogP contribution is 2.35. The predicted molar refractivity (Wildman–Crippen MR) is 74.9 cm³/mol. The number of hydrogen-bond acceptors (Lipinski definition) is 1. The first-order valence-corrected chi connectivity index (χ1v) is 6.83. The second-order valence-electron chi connectivity index (χ2n) is 5.54. The lowest BCUT2D eigenvalue weighted by molar-refractivity contribution is 0.454. The van der Waals surface area contributed by atoms with Gasteiger partial charge in [0.2, 0.25) is 0 Å². The fourth-order valence-electron chi connectivity index (χ4n) is 2.15. The van der Waals surface area contributed by atoms with Crippen LogP contribution in [0.1, 0.15) is 76.0 Å². The van der Waals surface area contributed by atoms with Gasteiger partial charge in [-0.1, -0.05) is 53.2 Å². The zero-order valence-corrected chi connectivity index (χ0v) is 11.9. The Kier molecular flexibility index (Phi) is 5.04. The normalized spacial score (nSPS) is 11.5. The van der Waals surface area contributed by atoms with Crippen molar-refractivity contribution in [3.8, 4) is 5.75 Å². The standard InChI is InChI=1S/C16H26O/c1-6-7-8-13-9-14(11(2)3)16(17)15(10-13)12(4)5/h9-12,17H,6-8H2,1-5H3. The molecule has 0 amide bonds. The van der Waals surface area contributed by atoms with Gasteiger partial charge in [0, 0.05) is 0 Å². The van der Waals surface area contributed by atoms with Gasteiger partial charge in [0.25, 0.3) is 0 Å². The maximum Gasteiger partial charge on any atom is 0.122 e. The average Bonchev–Trinajstić information content (AvgIpc) is 2.26. The van der Waals surface area contributed by atoms with Crippen LogP contribution in [-0.2, 0) is 6.42 Å². The summed E-state index contributed by atoms with van der Waals surface area (Å²) in [5.74, 6) is 1.28. The van der Waals surface area contributed by atoms with Gasteiger partial charge < -0.3 is 5.11 Å². The highest BCUT2D eigenvalue weighted by Gasteiger charge is 2.14. The van der Waals surface area contributed by atoms with Crippen molar-refractivity contribution in [3.63, 3.8) is 0 Å². The smallest absolute Gasteiger partial charge is 0.122 e. The summed E-state index contributed by atoms with van der Waals surface area (Å²) in [7, 11) is 0. The number of phenolic OH excluding ortho intramolecular Hbond substituents is 1. The van der Waals surface area contributed by atoms with Gasteiger partial charge in [-0.2, -0.15) is 0 Å². The minimum absolute atomic E-state index is 0.383. The topological polar surface area (TPSA) is 20.2 Å². The Balaban J connectivity index is 3.17. The van der Waals surface area contributed by atoms with Crippen LogP contribution in [0.2, 0.25) is 0 Å². The zero-order chi connectivity index (χ0) is 13.0. The number of rotatable bonds is 5. The number of hydrogen-bond donors (Lipinski definition) is 1. The molecule has 1 aromatic rings. The molecule has 0 saturated heterocycles. The molecule has 0 saturated carbocycles. The van der Waals surface area contributed by atoms with Crippen molar-refractivity contribution in [2.75, 3.05) is 0 Å². The first kappa shape index (κ1) is 14.1. The summed E-state index contributed by atoms with van der Waals surface area (Å²) in [4.78, 5) is 0. The average molecular weight is 234 g/mol. The van der Waals surface area contributed by atoms with E-state index in [1.165, 1.54) is 18.4 Å². The Morgan fingerprint density at radius 2 is 1.47 bits per heavy atom. The van der Waals surface area contributed by atoms with Crippen LogP contribution in [0.25, 0.3) is 0 Å². The van der Waals surface area contributed by atoms with Gasteiger partial charge in [0.15, 0.2) is 0 Å². The molecule has 1 N–H and O–H groups in total. The summed E-state index contributed by atoms with van der Waals surface area (Å²) in [5.41, 5.74) is 3.57. The summed E-state index contributed by atoms with van der Waals surface area (Å²) < 4.78 is 0. The molecule has 0 unspecified atom stereocenters. The molecule has 0 aliphatic rings. The Morgan fingerprint density at radius 3 is 1.82 bits per heavy atom. The van der Waals surface area contributed by atoms with Gasteiger partial charge in [0.05, 0.1) is 0 Å². The summed E-state index contributed by atoms with van der Waals surface area (Å²) in [6.07, 6.45) is 3.56. The Hall–Kier alpha value is -0.980. The van der Waals surface area contributed by atoms with E-state index in [0.717, 1.165) is 17.5 Å².